The molecule has 3 rings (SSSR count). The van der Waals surface area contributed by atoms with Gasteiger partial charge in [0.2, 0.25) is 0 Å². The van der Waals surface area contributed by atoms with Gasteiger partial charge in [0.25, 0.3) is 0 Å². The fourth-order valence-electron chi connectivity index (χ4n) is 2.23. The highest BCUT2D eigenvalue weighted by molar-refractivity contribution is 7.31. The Kier molecular flexibility index (Phi) is 2.04. The maximum absolute atomic E-state index is 2.36. The van der Waals surface area contributed by atoms with Crippen molar-refractivity contribution in [3.05, 3.63) is 58.1 Å². The van der Waals surface area contributed by atoms with Crippen molar-refractivity contribution in [2.24, 2.45) is 0 Å². The lowest BCUT2D eigenvalue weighted by molar-refractivity contribution is 1.32. The van der Waals surface area contributed by atoms with E-state index in [-0.39, 0.29) is 0 Å². The summed E-state index contributed by atoms with van der Waals surface area (Å²) in [6.45, 7) is 2.22. The first-order chi connectivity index (χ1) is 7.34. The van der Waals surface area contributed by atoms with E-state index in [9.17, 15) is 0 Å². The molecule has 1 heterocycles. The molecule has 15 heavy (non-hydrogen) atoms. The van der Waals surface area contributed by atoms with E-state index >= 15 is 0 Å². The van der Waals surface area contributed by atoms with Crippen LogP contribution in [-0.2, 0) is 6.42 Å². The number of allylic oxidation sites excluding steroid dienone is 1. The highest BCUT2D eigenvalue weighted by atomic mass is 31.0. The number of fused-ring (bicyclic) bond motifs is 1. The Labute approximate surface area is 91.7 Å². The van der Waals surface area contributed by atoms with Gasteiger partial charge in [0.15, 0.2) is 0 Å². The third kappa shape index (κ3) is 1.46. The van der Waals surface area contributed by atoms with Crippen molar-refractivity contribution >= 4 is 19.8 Å². The molecule has 0 N–H and O–H groups in total. The second-order valence-electron chi connectivity index (χ2n) is 4.08. The third-order valence-electron chi connectivity index (χ3n) is 3.04. The molecule has 1 aromatic heterocycles. The number of rotatable bonds is 1. The van der Waals surface area contributed by atoms with Gasteiger partial charge >= 0.3 is 0 Å². The van der Waals surface area contributed by atoms with Crippen molar-refractivity contribution in [2.45, 2.75) is 13.3 Å². The van der Waals surface area contributed by atoms with Crippen LogP contribution >= 0.6 is 8.19 Å². The predicted molar refractivity (Wildman–Crippen MR) is 68.7 cm³/mol. The second kappa shape index (κ2) is 3.40. The van der Waals surface area contributed by atoms with Crippen LogP contribution in [0.3, 0.4) is 0 Å². The first-order valence-electron chi connectivity index (χ1n) is 5.27. The lowest BCUT2D eigenvalue weighted by atomic mass is 10.1. The van der Waals surface area contributed by atoms with Gasteiger partial charge in [-0.25, -0.2) is 0 Å². The summed E-state index contributed by atoms with van der Waals surface area (Å²) in [6.07, 6.45) is 3.48. The lowest BCUT2D eigenvalue weighted by Gasteiger charge is -2.00. The van der Waals surface area contributed by atoms with Crippen LogP contribution in [0.2, 0.25) is 0 Å². The molecule has 0 fully saturated rings. The van der Waals surface area contributed by atoms with Gasteiger partial charge in [-0.3, -0.25) is 0 Å². The molecule has 1 heteroatoms. The zero-order chi connectivity index (χ0) is 10.3. The van der Waals surface area contributed by atoms with E-state index in [1.54, 1.807) is 5.30 Å². The molecule has 1 aliphatic rings. The smallest absolute Gasteiger partial charge is 0.00104 e. The van der Waals surface area contributed by atoms with Crippen LogP contribution < -0.4 is 0 Å². The molecular formula is C14H13P. The Bertz CT molecular complexity index is 532. The van der Waals surface area contributed by atoms with Crippen LogP contribution in [0.1, 0.15) is 22.0 Å². The molecule has 2 aromatic rings. The fraction of sp³-hybridized carbons (Fsp3) is 0.143. The summed E-state index contributed by atoms with van der Waals surface area (Å²) < 4.78 is 0. The van der Waals surface area contributed by atoms with Crippen LogP contribution in [0.15, 0.2) is 36.1 Å². The number of hydrogen-bond donors (Lipinski definition) is 0. The Balaban J connectivity index is 2.05. The molecule has 0 saturated carbocycles. The fourth-order valence-corrected chi connectivity index (χ4v) is 3.39. The Morgan fingerprint density at radius 3 is 2.73 bits per heavy atom. The average Bonchev–Trinajstić information content (AvgIpc) is 2.82. The van der Waals surface area contributed by atoms with Crippen molar-refractivity contribution in [2.75, 3.05) is 0 Å². The van der Waals surface area contributed by atoms with E-state index in [1.165, 1.54) is 22.3 Å². The first kappa shape index (κ1) is 9.00. The molecule has 1 atom stereocenters. The normalized spacial score (nSPS) is 14.3. The summed E-state index contributed by atoms with van der Waals surface area (Å²) in [6, 6.07) is 10.9. The molecule has 1 aromatic carbocycles. The van der Waals surface area contributed by atoms with Gasteiger partial charge in [-0.15, -0.1) is 8.19 Å². The minimum atomic E-state index is 0.873. The number of aryl methyl sites for hydroxylation is 1. The summed E-state index contributed by atoms with van der Waals surface area (Å²) in [4.78, 5) is 0. The Morgan fingerprint density at radius 2 is 2.00 bits per heavy atom. The van der Waals surface area contributed by atoms with Gasteiger partial charge in [0, 0.05) is 0 Å². The van der Waals surface area contributed by atoms with Gasteiger partial charge in [-0.2, -0.15) is 0 Å². The molecule has 0 saturated heterocycles. The average molecular weight is 212 g/mol. The van der Waals surface area contributed by atoms with Crippen LogP contribution in [0.25, 0.3) is 11.6 Å². The highest BCUT2D eigenvalue weighted by Gasteiger charge is 2.14. The number of hydrogen-bond acceptors (Lipinski definition) is 0. The minimum absolute atomic E-state index is 0.873. The van der Waals surface area contributed by atoms with Crippen molar-refractivity contribution in [1.82, 2.24) is 0 Å². The summed E-state index contributed by atoms with van der Waals surface area (Å²) in [5.41, 5.74) is 5.86. The highest BCUT2D eigenvalue weighted by Crippen LogP contribution is 2.37. The van der Waals surface area contributed by atoms with Crippen molar-refractivity contribution < 1.29 is 0 Å². The van der Waals surface area contributed by atoms with Crippen LogP contribution in [0, 0.1) is 6.92 Å². The topological polar surface area (TPSA) is 0 Å². The summed E-state index contributed by atoms with van der Waals surface area (Å²) in [5, 5.41) is 1.56. The third-order valence-corrected chi connectivity index (χ3v) is 4.38. The molecule has 1 aliphatic carbocycles. The molecule has 74 valence electrons. The maximum atomic E-state index is 2.36. The van der Waals surface area contributed by atoms with Gasteiger partial charge in [-0.1, -0.05) is 36.4 Å². The molecule has 0 radical (unpaired) electrons. The predicted octanol–water partition coefficient (Wildman–Crippen LogP) is 4.12. The molecule has 0 spiro atoms. The van der Waals surface area contributed by atoms with Gasteiger partial charge in [0.05, 0.1) is 0 Å². The molecule has 0 bridgehead atoms. The first-order valence-corrected chi connectivity index (χ1v) is 6.35. The van der Waals surface area contributed by atoms with E-state index < -0.39 is 0 Å². The van der Waals surface area contributed by atoms with Gasteiger partial charge < -0.3 is 0 Å². The monoisotopic (exact) mass is 212 g/mol. The lowest BCUT2D eigenvalue weighted by Crippen LogP contribution is -1.83. The van der Waals surface area contributed by atoms with Crippen molar-refractivity contribution in [1.29, 1.82) is 0 Å². The molecule has 0 amide bonds. The second-order valence-corrected chi connectivity index (χ2v) is 5.20. The largest absolute Gasteiger partial charge is 0.132 e. The minimum Gasteiger partial charge on any atom is -0.132 e. The summed E-state index contributed by atoms with van der Waals surface area (Å²) >= 11 is 0. The Morgan fingerprint density at radius 1 is 1.13 bits per heavy atom. The standard InChI is InChI=1S/C14H13P/c1-10-6-7-15-14(10)13-8-11-4-2-3-5-12(11)9-13/h2-8,15H,9H2,1H3. The Hall–Kier alpha value is -1.26. The van der Waals surface area contributed by atoms with E-state index in [0.717, 1.165) is 14.6 Å². The summed E-state index contributed by atoms with van der Waals surface area (Å²) in [5.74, 6) is 2.29. The zero-order valence-electron chi connectivity index (χ0n) is 8.75. The van der Waals surface area contributed by atoms with Crippen LogP contribution in [0.4, 0.5) is 0 Å². The van der Waals surface area contributed by atoms with Crippen molar-refractivity contribution in [3.63, 3.8) is 0 Å². The van der Waals surface area contributed by atoms with Gasteiger partial charge in [-0.05, 0) is 46.7 Å². The molecule has 0 nitrogen and oxygen atoms in total. The maximum Gasteiger partial charge on any atom is -0.00104 e. The van der Waals surface area contributed by atoms with Gasteiger partial charge in [0.1, 0.15) is 0 Å². The van der Waals surface area contributed by atoms with E-state index in [1.807, 2.05) is 0 Å². The zero-order valence-corrected chi connectivity index (χ0v) is 9.75. The summed E-state index contributed by atoms with van der Waals surface area (Å²) in [7, 11) is 0.873. The molecule has 1 unspecified atom stereocenters. The quantitative estimate of drug-likeness (QED) is 0.667. The van der Waals surface area contributed by atoms with E-state index in [0.29, 0.717) is 0 Å². The van der Waals surface area contributed by atoms with Crippen molar-refractivity contribution in [3.8, 4) is 0 Å². The molecule has 0 aliphatic heterocycles. The van der Waals surface area contributed by atoms with E-state index in [2.05, 4.69) is 49.1 Å². The molecular weight excluding hydrogens is 199 g/mol. The van der Waals surface area contributed by atoms with Crippen LogP contribution in [0.5, 0.6) is 0 Å². The number of benzene rings is 1. The SMILES string of the molecule is Cc1cc[pH]c1C1=Cc2ccccc2C1. The van der Waals surface area contributed by atoms with E-state index in [4.69, 9.17) is 0 Å². The van der Waals surface area contributed by atoms with Crippen LogP contribution in [-0.4, -0.2) is 0 Å².